The average Bonchev–Trinajstić information content (AvgIpc) is 3.48. The first kappa shape index (κ1) is 32.9. The first-order chi connectivity index (χ1) is 22.9. The number of pyridine rings is 1. The van der Waals surface area contributed by atoms with E-state index in [2.05, 4.69) is 26.6 Å². The molecule has 0 bridgehead atoms. The molecule has 0 unspecified atom stereocenters. The third kappa shape index (κ3) is 7.10. The van der Waals surface area contributed by atoms with Crippen molar-refractivity contribution in [1.82, 2.24) is 19.4 Å². The largest absolute Gasteiger partial charge is 0.504 e. The highest BCUT2D eigenvalue weighted by atomic mass is 32.2. The van der Waals surface area contributed by atoms with Gasteiger partial charge in [0, 0.05) is 86.0 Å². The summed E-state index contributed by atoms with van der Waals surface area (Å²) in [4.78, 5) is 21.2. The van der Waals surface area contributed by atoms with Crippen LogP contribution in [0.25, 0.3) is 22.0 Å². The van der Waals surface area contributed by atoms with E-state index in [0.29, 0.717) is 28.6 Å². The van der Waals surface area contributed by atoms with Gasteiger partial charge in [-0.25, -0.2) is 12.8 Å². The topological polar surface area (TPSA) is 149 Å². The van der Waals surface area contributed by atoms with Gasteiger partial charge in [-0.3, -0.25) is 14.4 Å². The Hall–Kier alpha value is -5.05. The number of benzene rings is 3. The summed E-state index contributed by atoms with van der Waals surface area (Å²) in [6.45, 7) is 5.81. The highest BCUT2D eigenvalue weighted by molar-refractivity contribution is 7.92. The summed E-state index contributed by atoms with van der Waals surface area (Å²) < 4.78 is 56.1. The maximum Gasteiger partial charge on any atom is 0.274 e. The number of aromatic nitrogens is 2. The molecule has 0 amide bonds. The Balaban J connectivity index is 1.39. The first-order valence-corrected chi connectivity index (χ1v) is 17.0. The zero-order valence-corrected chi connectivity index (χ0v) is 27.5. The minimum Gasteiger partial charge on any atom is -0.504 e. The van der Waals surface area contributed by atoms with Crippen LogP contribution < -0.4 is 19.8 Å². The third-order valence-corrected chi connectivity index (χ3v) is 9.55. The number of hydrogen-bond acceptors (Lipinski definition) is 9. The number of aryl methyl sites for hydroxylation is 1. The summed E-state index contributed by atoms with van der Waals surface area (Å²) in [6, 6.07) is 14.4. The fourth-order valence-electron chi connectivity index (χ4n) is 5.53. The number of likely N-dealkylation sites (N-methyl/N-ethyl adjacent to an activating group) is 1. The summed E-state index contributed by atoms with van der Waals surface area (Å²) in [5.41, 5.74) is 2.29. The molecule has 1 aliphatic rings. The predicted molar refractivity (Wildman–Crippen MR) is 181 cm³/mol. The second-order valence-electron chi connectivity index (χ2n) is 11.8. The van der Waals surface area contributed by atoms with E-state index in [1.165, 1.54) is 47.9 Å². The van der Waals surface area contributed by atoms with Gasteiger partial charge in [0.05, 0.1) is 5.75 Å². The van der Waals surface area contributed by atoms with Crippen LogP contribution >= 0.6 is 0 Å². The summed E-state index contributed by atoms with van der Waals surface area (Å²) >= 11 is 0. The first-order valence-electron chi connectivity index (χ1n) is 15.3. The number of piperazine rings is 1. The number of nitrogens with zero attached hydrogens (tertiary/aromatic N) is 3. The normalized spacial score (nSPS) is 14.3. The molecule has 3 aromatic carbocycles. The Bertz CT molecular complexity index is 2160. The molecule has 252 valence electrons. The van der Waals surface area contributed by atoms with Crippen molar-refractivity contribution in [3.05, 3.63) is 88.7 Å². The molecule has 1 fully saturated rings. The van der Waals surface area contributed by atoms with Gasteiger partial charge < -0.3 is 34.1 Å². The van der Waals surface area contributed by atoms with Gasteiger partial charge in [0.25, 0.3) is 5.56 Å². The van der Waals surface area contributed by atoms with E-state index in [1.54, 1.807) is 25.4 Å². The van der Waals surface area contributed by atoms with E-state index in [9.17, 15) is 23.4 Å². The van der Waals surface area contributed by atoms with Crippen molar-refractivity contribution in [1.29, 1.82) is 0 Å². The van der Waals surface area contributed by atoms with Gasteiger partial charge in [-0.05, 0) is 62.5 Å². The van der Waals surface area contributed by atoms with E-state index in [4.69, 9.17) is 9.47 Å². The van der Waals surface area contributed by atoms with Gasteiger partial charge in [-0.15, -0.1) is 0 Å². The molecule has 4 N–H and O–H groups in total. The molecule has 14 heteroatoms. The van der Waals surface area contributed by atoms with Crippen LogP contribution in [0, 0.1) is 5.82 Å². The van der Waals surface area contributed by atoms with Crippen molar-refractivity contribution in [3.63, 3.8) is 0 Å². The van der Waals surface area contributed by atoms with Crippen molar-refractivity contribution in [2.75, 3.05) is 43.7 Å². The number of halogens is 1. The highest BCUT2D eigenvalue weighted by Gasteiger charge is 2.21. The van der Waals surface area contributed by atoms with E-state index < -0.39 is 15.8 Å². The maximum absolute atomic E-state index is 15.4. The molecular formula is C34H36FN5O7S. The van der Waals surface area contributed by atoms with Crippen LogP contribution in [0.2, 0.25) is 0 Å². The Morgan fingerprint density at radius 1 is 0.875 bits per heavy atom. The zero-order valence-electron chi connectivity index (χ0n) is 26.7. The van der Waals surface area contributed by atoms with E-state index in [-0.39, 0.29) is 51.5 Å². The van der Waals surface area contributed by atoms with Crippen LogP contribution in [0.5, 0.6) is 34.5 Å². The highest BCUT2D eigenvalue weighted by Crippen LogP contribution is 2.40. The number of ether oxygens (including phenoxy) is 2. The molecule has 0 saturated carbocycles. The Morgan fingerprint density at radius 2 is 1.58 bits per heavy atom. The number of aromatic amines is 1. The third-order valence-electron chi connectivity index (χ3n) is 8.24. The molecular weight excluding hydrogens is 641 g/mol. The van der Waals surface area contributed by atoms with Crippen molar-refractivity contribution in [2.24, 2.45) is 7.05 Å². The molecule has 1 aliphatic heterocycles. The molecule has 6 rings (SSSR count). The lowest BCUT2D eigenvalue weighted by atomic mass is 10.0. The molecule has 0 radical (unpaired) electrons. The van der Waals surface area contributed by atoms with Crippen LogP contribution in [0.1, 0.15) is 12.6 Å². The van der Waals surface area contributed by atoms with Crippen LogP contribution in [-0.4, -0.2) is 77.0 Å². The molecule has 0 atom stereocenters. The molecule has 0 spiro atoms. The number of nitrogens with one attached hydrogen (secondary N) is 2. The van der Waals surface area contributed by atoms with Crippen LogP contribution in [0.4, 0.5) is 10.1 Å². The predicted octanol–water partition coefficient (Wildman–Crippen LogP) is 5.18. The Kier molecular flexibility index (Phi) is 9.05. The lowest BCUT2D eigenvalue weighted by Crippen LogP contribution is -2.43. The molecule has 1 saturated heterocycles. The molecule has 12 nitrogen and oxygen atoms in total. The number of H-pyrrole nitrogens is 1. The minimum atomic E-state index is -3.62. The van der Waals surface area contributed by atoms with Gasteiger partial charge in [0.1, 0.15) is 22.8 Å². The van der Waals surface area contributed by atoms with Crippen molar-refractivity contribution < 1.29 is 32.5 Å². The number of anilines is 1. The average molecular weight is 678 g/mol. The lowest BCUT2D eigenvalue weighted by molar-refractivity contribution is 0.147. The summed E-state index contributed by atoms with van der Waals surface area (Å²) in [7, 11) is 0.0899. The summed E-state index contributed by atoms with van der Waals surface area (Å²) in [5, 5.41) is 19.9. The summed E-state index contributed by atoms with van der Waals surface area (Å²) in [6.07, 6.45) is 1.65. The summed E-state index contributed by atoms with van der Waals surface area (Å²) in [5.74, 6) is -1.20. The molecule has 3 heterocycles. The van der Waals surface area contributed by atoms with Gasteiger partial charge in [-0.2, -0.15) is 0 Å². The standard InChI is InChI=1S/C34H36FN5O7S/c1-4-48(44,45)37-21-5-9-31(47-32-10-7-23(17-28(32)35)46-24-6-8-29(41)30(42)18-24)25(15-21)27-20-39(3)34(43)33-26(27)16-22(36-33)19-40-13-11-38(2)12-14-40/h5-10,15-18,20,36-37,41-42H,4,11-14,19H2,1-3H3. The fraction of sp³-hybridized carbons (Fsp3) is 0.265. The van der Waals surface area contributed by atoms with Crippen LogP contribution in [0.15, 0.2) is 71.7 Å². The number of hydrogen-bond donors (Lipinski definition) is 4. The molecule has 2 aromatic heterocycles. The number of rotatable bonds is 10. The number of fused-ring (bicyclic) bond motifs is 1. The molecule has 5 aromatic rings. The van der Waals surface area contributed by atoms with Crippen LogP contribution in [-0.2, 0) is 23.6 Å². The van der Waals surface area contributed by atoms with Gasteiger partial charge in [0.15, 0.2) is 23.1 Å². The van der Waals surface area contributed by atoms with E-state index in [1.807, 2.05) is 6.07 Å². The number of sulfonamides is 1. The SMILES string of the molecule is CCS(=O)(=O)Nc1ccc(Oc2ccc(Oc3ccc(O)c(O)c3)cc2F)c(-c2cn(C)c(=O)c3[nH]c(CN4CCN(C)CC4)cc23)c1. The number of phenols is 2. The molecule has 48 heavy (non-hydrogen) atoms. The minimum absolute atomic E-state index is 0.120. The maximum atomic E-state index is 15.4. The van der Waals surface area contributed by atoms with Crippen molar-refractivity contribution in [3.8, 4) is 45.6 Å². The lowest BCUT2D eigenvalue weighted by Gasteiger charge is -2.31. The number of aromatic hydroxyl groups is 2. The van der Waals surface area contributed by atoms with E-state index in [0.717, 1.165) is 37.9 Å². The monoisotopic (exact) mass is 677 g/mol. The second kappa shape index (κ2) is 13.2. The Morgan fingerprint density at radius 3 is 2.29 bits per heavy atom. The van der Waals surface area contributed by atoms with E-state index >= 15 is 4.39 Å². The fourth-order valence-corrected chi connectivity index (χ4v) is 6.16. The van der Waals surface area contributed by atoms with Gasteiger partial charge in [-0.1, -0.05) is 0 Å². The quantitative estimate of drug-likeness (QED) is 0.147. The van der Waals surface area contributed by atoms with Crippen molar-refractivity contribution in [2.45, 2.75) is 13.5 Å². The van der Waals surface area contributed by atoms with Crippen molar-refractivity contribution >= 4 is 26.6 Å². The Labute approximate surface area is 276 Å². The smallest absolute Gasteiger partial charge is 0.274 e. The van der Waals surface area contributed by atoms with Gasteiger partial charge in [0.2, 0.25) is 10.0 Å². The zero-order chi connectivity index (χ0) is 34.2. The number of phenolic OH excluding ortho intramolecular Hbond substituents is 2. The molecule has 0 aliphatic carbocycles. The second-order valence-corrected chi connectivity index (χ2v) is 13.8. The van der Waals surface area contributed by atoms with Gasteiger partial charge >= 0.3 is 0 Å². The van der Waals surface area contributed by atoms with Crippen LogP contribution in [0.3, 0.4) is 0 Å².